The summed E-state index contributed by atoms with van der Waals surface area (Å²) in [5.74, 6) is -0.680. The average molecular weight is 472 g/mol. The number of imide groups is 1. The fraction of sp³-hybridized carbons (Fsp3) is 0.238. The van der Waals surface area contributed by atoms with Crippen molar-refractivity contribution in [2.75, 3.05) is 0 Å². The summed E-state index contributed by atoms with van der Waals surface area (Å²) in [5, 5.41) is -0.984. The lowest BCUT2D eigenvalue weighted by Crippen LogP contribution is -2.32. The van der Waals surface area contributed by atoms with E-state index in [0.717, 1.165) is 15.8 Å². The summed E-state index contributed by atoms with van der Waals surface area (Å²) in [6.07, 6.45) is -8.81. The fourth-order valence-electron chi connectivity index (χ4n) is 3.62. The number of aromatic nitrogens is 1. The van der Waals surface area contributed by atoms with E-state index in [4.69, 9.17) is 0 Å². The Bertz CT molecular complexity index is 1200. The van der Waals surface area contributed by atoms with Gasteiger partial charge in [-0.3, -0.25) is 14.5 Å². The Balaban J connectivity index is 1.59. The molecule has 1 fully saturated rings. The van der Waals surface area contributed by atoms with Gasteiger partial charge in [-0.1, -0.05) is 30.0 Å². The van der Waals surface area contributed by atoms with Crippen LogP contribution in [0.4, 0.5) is 31.1 Å². The summed E-state index contributed by atoms with van der Waals surface area (Å²) in [7, 11) is 0. The molecule has 1 saturated heterocycles. The van der Waals surface area contributed by atoms with Crippen LogP contribution >= 0.6 is 11.8 Å². The van der Waals surface area contributed by atoms with E-state index in [0.29, 0.717) is 29.5 Å². The zero-order valence-electron chi connectivity index (χ0n) is 16.1. The van der Waals surface area contributed by atoms with E-state index in [2.05, 4.69) is 4.98 Å². The number of amides is 2. The van der Waals surface area contributed by atoms with Gasteiger partial charge in [0, 0.05) is 17.1 Å². The molecule has 2 aromatic carbocycles. The summed E-state index contributed by atoms with van der Waals surface area (Å²) in [6.45, 7) is -0.0600. The first-order chi connectivity index (χ1) is 14.9. The Morgan fingerprint density at radius 2 is 1.69 bits per heavy atom. The van der Waals surface area contributed by atoms with Gasteiger partial charge in [0.15, 0.2) is 0 Å². The van der Waals surface area contributed by atoms with Crippen LogP contribution in [0.15, 0.2) is 48.7 Å². The minimum Gasteiger partial charge on any atom is -0.361 e. The number of nitrogens with one attached hydrogen (secondary N) is 1. The van der Waals surface area contributed by atoms with Gasteiger partial charge in [0.05, 0.1) is 22.9 Å². The molecule has 168 valence electrons. The SMILES string of the molecule is O=C1SC(Cc2ccc(C(F)(F)F)cc2C(F)(F)F)C(=O)N1Cc1cccc2[nH]ccc12. The molecule has 0 saturated carbocycles. The number of fused-ring (bicyclic) bond motifs is 1. The Morgan fingerprint density at radius 1 is 0.938 bits per heavy atom. The lowest BCUT2D eigenvalue weighted by molar-refractivity contribution is -0.143. The van der Waals surface area contributed by atoms with E-state index in [-0.39, 0.29) is 12.6 Å². The second kappa shape index (κ2) is 7.88. The molecule has 3 aromatic rings. The minimum absolute atomic E-state index is 0.0334. The molecule has 1 unspecified atom stereocenters. The van der Waals surface area contributed by atoms with Gasteiger partial charge in [-0.05, 0) is 41.8 Å². The van der Waals surface area contributed by atoms with Gasteiger partial charge in [0.1, 0.15) is 0 Å². The largest absolute Gasteiger partial charge is 0.416 e. The molecule has 0 spiro atoms. The Kier molecular flexibility index (Phi) is 5.48. The lowest BCUT2D eigenvalue weighted by atomic mass is 9.98. The third-order valence-corrected chi connectivity index (χ3v) is 6.24. The van der Waals surface area contributed by atoms with Gasteiger partial charge in [-0.25, -0.2) is 0 Å². The van der Waals surface area contributed by atoms with Gasteiger partial charge in [0.25, 0.3) is 5.24 Å². The summed E-state index contributed by atoms with van der Waals surface area (Å²) in [6, 6.07) is 8.35. The first-order valence-corrected chi connectivity index (χ1v) is 10.2. The molecular formula is C21H14F6N2O2S. The van der Waals surface area contributed by atoms with E-state index in [1.54, 1.807) is 24.4 Å². The Morgan fingerprint density at radius 3 is 2.38 bits per heavy atom. The lowest BCUT2D eigenvalue weighted by Gasteiger charge is -2.18. The molecular weight excluding hydrogens is 458 g/mol. The number of carbonyl (C=O) groups is 2. The monoisotopic (exact) mass is 472 g/mol. The molecule has 1 aromatic heterocycles. The maximum atomic E-state index is 13.4. The minimum atomic E-state index is -5.05. The maximum absolute atomic E-state index is 13.4. The fourth-order valence-corrected chi connectivity index (χ4v) is 4.64. The quantitative estimate of drug-likeness (QED) is 0.473. The van der Waals surface area contributed by atoms with Crippen LogP contribution < -0.4 is 0 Å². The van der Waals surface area contributed by atoms with E-state index < -0.39 is 51.9 Å². The number of rotatable bonds is 4. The predicted molar refractivity (Wildman–Crippen MR) is 106 cm³/mol. The number of halogens is 6. The van der Waals surface area contributed by atoms with E-state index in [1.165, 1.54) is 0 Å². The standard InChI is InChI=1S/C21H14F6N2O2S/c22-20(23,24)13-5-4-11(15(9-13)21(25,26)27)8-17-18(30)29(19(31)32-17)10-12-2-1-3-16-14(12)6-7-28-16/h1-7,9,17,28H,8,10H2. The molecule has 2 heterocycles. The zero-order chi connectivity index (χ0) is 23.3. The molecule has 1 aliphatic heterocycles. The number of aromatic amines is 1. The van der Waals surface area contributed by atoms with Gasteiger partial charge in [0.2, 0.25) is 5.91 Å². The van der Waals surface area contributed by atoms with Crippen molar-refractivity contribution in [3.05, 3.63) is 70.9 Å². The van der Waals surface area contributed by atoms with Crippen LogP contribution in [0.3, 0.4) is 0 Å². The van der Waals surface area contributed by atoms with Crippen molar-refractivity contribution < 1.29 is 35.9 Å². The van der Waals surface area contributed by atoms with Crippen molar-refractivity contribution in [3.8, 4) is 0 Å². The molecule has 4 rings (SSSR count). The molecule has 0 radical (unpaired) electrons. The molecule has 1 aliphatic rings. The number of alkyl halides is 6. The van der Waals surface area contributed by atoms with E-state index in [1.807, 2.05) is 6.07 Å². The van der Waals surface area contributed by atoms with E-state index >= 15 is 0 Å². The highest BCUT2D eigenvalue weighted by Crippen LogP contribution is 2.39. The molecule has 32 heavy (non-hydrogen) atoms. The van der Waals surface area contributed by atoms with Crippen LogP contribution in [0.1, 0.15) is 22.3 Å². The highest BCUT2D eigenvalue weighted by molar-refractivity contribution is 8.15. The normalized spacial score (nSPS) is 17.6. The van der Waals surface area contributed by atoms with Crippen molar-refractivity contribution in [1.82, 2.24) is 9.88 Å². The summed E-state index contributed by atoms with van der Waals surface area (Å²) >= 11 is 0.572. The second-order valence-electron chi connectivity index (χ2n) is 7.22. The average Bonchev–Trinajstić information content (AvgIpc) is 3.28. The summed E-state index contributed by atoms with van der Waals surface area (Å²) in [5.41, 5.74) is -1.90. The Labute approximate surface area is 181 Å². The van der Waals surface area contributed by atoms with Crippen LogP contribution in [0.5, 0.6) is 0 Å². The number of hydrogen-bond donors (Lipinski definition) is 1. The number of hydrogen-bond acceptors (Lipinski definition) is 3. The maximum Gasteiger partial charge on any atom is 0.416 e. The predicted octanol–water partition coefficient (Wildman–Crippen LogP) is 6.01. The van der Waals surface area contributed by atoms with Crippen LogP contribution in [0.25, 0.3) is 10.9 Å². The topological polar surface area (TPSA) is 53.2 Å². The van der Waals surface area contributed by atoms with Crippen molar-refractivity contribution in [2.24, 2.45) is 0 Å². The molecule has 1 atom stereocenters. The Hall–Kier alpha value is -2.95. The van der Waals surface area contributed by atoms with Crippen molar-refractivity contribution >= 4 is 33.8 Å². The molecule has 11 heteroatoms. The summed E-state index contributed by atoms with van der Waals surface area (Å²) < 4.78 is 78.8. The molecule has 0 aliphatic carbocycles. The molecule has 1 N–H and O–H groups in total. The number of H-pyrrole nitrogens is 1. The van der Waals surface area contributed by atoms with Gasteiger partial charge >= 0.3 is 12.4 Å². The van der Waals surface area contributed by atoms with Crippen molar-refractivity contribution in [2.45, 2.75) is 30.6 Å². The number of benzene rings is 2. The highest BCUT2D eigenvalue weighted by atomic mass is 32.2. The van der Waals surface area contributed by atoms with E-state index in [9.17, 15) is 35.9 Å². The number of carbonyl (C=O) groups excluding carboxylic acids is 2. The first kappa shape index (κ1) is 22.3. The highest BCUT2D eigenvalue weighted by Gasteiger charge is 2.43. The molecule has 2 amide bonds. The van der Waals surface area contributed by atoms with Gasteiger partial charge in [-0.2, -0.15) is 26.3 Å². The third-order valence-electron chi connectivity index (χ3n) is 5.17. The van der Waals surface area contributed by atoms with Crippen molar-refractivity contribution in [1.29, 1.82) is 0 Å². The molecule has 4 nitrogen and oxygen atoms in total. The van der Waals surface area contributed by atoms with Crippen LogP contribution in [0, 0.1) is 0 Å². The second-order valence-corrected chi connectivity index (χ2v) is 8.38. The third kappa shape index (κ3) is 4.21. The molecule has 0 bridgehead atoms. The van der Waals surface area contributed by atoms with Crippen molar-refractivity contribution in [3.63, 3.8) is 0 Å². The van der Waals surface area contributed by atoms with Crippen LogP contribution in [0.2, 0.25) is 0 Å². The smallest absolute Gasteiger partial charge is 0.361 e. The first-order valence-electron chi connectivity index (χ1n) is 9.29. The number of nitrogens with zero attached hydrogens (tertiary/aromatic N) is 1. The van der Waals surface area contributed by atoms with Crippen LogP contribution in [-0.2, 0) is 30.1 Å². The van der Waals surface area contributed by atoms with Gasteiger partial charge < -0.3 is 4.98 Å². The zero-order valence-corrected chi connectivity index (χ0v) is 16.9. The van der Waals surface area contributed by atoms with Crippen LogP contribution in [-0.4, -0.2) is 26.3 Å². The summed E-state index contributed by atoms with van der Waals surface area (Å²) in [4.78, 5) is 29.2. The van der Waals surface area contributed by atoms with Gasteiger partial charge in [-0.15, -0.1) is 0 Å². The number of thioether (sulfide) groups is 1.